The van der Waals surface area contributed by atoms with Gasteiger partial charge in [0, 0.05) is 6.07 Å². The minimum atomic E-state index is -0.720. The van der Waals surface area contributed by atoms with Crippen LogP contribution in [-0.4, -0.2) is 28.2 Å². The third-order valence-corrected chi connectivity index (χ3v) is 2.75. The van der Waals surface area contributed by atoms with Gasteiger partial charge in [-0.15, -0.1) is 0 Å². The number of hydrogen-bond donors (Lipinski definition) is 3. The van der Waals surface area contributed by atoms with Gasteiger partial charge in [-0.25, -0.2) is 4.68 Å². The first-order valence-electron chi connectivity index (χ1n) is 5.97. The molecule has 0 saturated heterocycles. The molecule has 2 rings (SSSR count). The van der Waals surface area contributed by atoms with E-state index in [4.69, 9.17) is 10.5 Å². The van der Waals surface area contributed by atoms with Gasteiger partial charge in [0.05, 0.1) is 24.2 Å². The molecule has 0 aliphatic rings. The zero-order valence-electron chi connectivity index (χ0n) is 11.2. The molecule has 4 N–H and O–H groups in total. The minimum absolute atomic E-state index is 0.517. The minimum Gasteiger partial charge on any atom is -0.497 e. The van der Waals surface area contributed by atoms with Crippen LogP contribution in [0.5, 0.6) is 5.75 Å². The van der Waals surface area contributed by atoms with Crippen LogP contribution in [0.25, 0.3) is 5.69 Å². The van der Waals surface area contributed by atoms with Crippen LogP contribution in [0.3, 0.4) is 0 Å². The van der Waals surface area contributed by atoms with Crippen molar-refractivity contribution >= 4 is 11.5 Å². The molecule has 6 nitrogen and oxygen atoms in total. The van der Waals surface area contributed by atoms with Crippen LogP contribution in [0.4, 0.5) is 11.5 Å². The number of nitrogen functional groups attached to an aromatic ring is 1. The van der Waals surface area contributed by atoms with E-state index in [1.165, 1.54) is 0 Å². The number of methoxy groups -OCH3 is 1. The molecule has 2 aromatic rings. The van der Waals surface area contributed by atoms with Crippen LogP contribution >= 0.6 is 0 Å². The molecule has 0 aliphatic carbocycles. The summed E-state index contributed by atoms with van der Waals surface area (Å²) in [5, 5.41) is 16.7. The maximum absolute atomic E-state index is 9.48. The van der Waals surface area contributed by atoms with E-state index < -0.39 is 6.23 Å². The summed E-state index contributed by atoms with van der Waals surface area (Å²) in [5.41, 5.74) is 8.00. The summed E-state index contributed by atoms with van der Waals surface area (Å²) in [6, 6.07) is 7.46. The third kappa shape index (κ3) is 2.63. The van der Waals surface area contributed by atoms with E-state index in [0.29, 0.717) is 17.2 Å². The smallest absolute Gasteiger partial charge is 0.155 e. The van der Waals surface area contributed by atoms with Crippen molar-refractivity contribution in [2.24, 2.45) is 0 Å². The van der Waals surface area contributed by atoms with Gasteiger partial charge in [-0.2, -0.15) is 5.10 Å². The molecule has 0 amide bonds. The molecule has 19 heavy (non-hydrogen) atoms. The molecule has 6 heteroatoms. The normalized spacial score (nSPS) is 12.2. The van der Waals surface area contributed by atoms with Gasteiger partial charge < -0.3 is 20.9 Å². The largest absolute Gasteiger partial charge is 0.497 e. The van der Waals surface area contributed by atoms with E-state index in [9.17, 15) is 5.11 Å². The Bertz CT molecular complexity index is 578. The second-order valence-electron chi connectivity index (χ2n) is 4.28. The zero-order valence-corrected chi connectivity index (χ0v) is 11.2. The first kappa shape index (κ1) is 13.2. The molecule has 1 atom stereocenters. The van der Waals surface area contributed by atoms with E-state index in [1.54, 1.807) is 18.7 Å². The van der Waals surface area contributed by atoms with Crippen LogP contribution in [0.15, 0.2) is 24.3 Å². The van der Waals surface area contributed by atoms with E-state index in [1.807, 2.05) is 31.2 Å². The number of ether oxygens (including phenoxy) is 1. The molecule has 0 fully saturated rings. The van der Waals surface area contributed by atoms with Gasteiger partial charge in [-0.05, 0) is 26.0 Å². The molecule has 1 unspecified atom stereocenters. The zero-order chi connectivity index (χ0) is 14.0. The molecular formula is C13H18N4O2. The quantitative estimate of drug-likeness (QED) is 0.727. The topological polar surface area (TPSA) is 85.3 Å². The number of nitrogens with two attached hydrogens (primary N) is 1. The van der Waals surface area contributed by atoms with Crippen molar-refractivity contribution in [3.8, 4) is 11.4 Å². The highest BCUT2D eigenvalue weighted by atomic mass is 16.5. The third-order valence-electron chi connectivity index (χ3n) is 2.75. The fourth-order valence-electron chi connectivity index (χ4n) is 1.81. The van der Waals surface area contributed by atoms with Gasteiger partial charge in [0.2, 0.25) is 0 Å². The van der Waals surface area contributed by atoms with Gasteiger partial charge in [0.1, 0.15) is 12.0 Å². The lowest BCUT2D eigenvalue weighted by Gasteiger charge is -2.13. The molecule has 0 radical (unpaired) electrons. The van der Waals surface area contributed by atoms with Gasteiger partial charge in [0.15, 0.2) is 5.82 Å². The number of aromatic nitrogens is 2. The molecule has 0 bridgehead atoms. The number of aliphatic hydroxyl groups is 1. The van der Waals surface area contributed by atoms with Gasteiger partial charge >= 0.3 is 0 Å². The lowest BCUT2D eigenvalue weighted by atomic mass is 10.3. The molecule has 0 aliphatic heterocycles. The number of hydrogen-bond acceptors (Lipinski definition) is 5. The average Bonchev–Trinajstić information content (AvgIpc) is 2.66. The lowest BCUT2D eigenvalue weighted by molar-refractivity contribution is 0.223. The van der Waals surface area contributed by atoms with Crippen molar-refractivity contribution in [3.05, 3.63) is 30.0 Å². The Balaban J connectivity index is 2.51. The second-order valence-corrected chi connectivity index (χ2v) is 4.28. The maximum atomic E-state index is 9.48. The Morgan fingerprint density at radius 2 is 2.21 bits per heavy atom. The summed E-state index contributed by atoms with van der Waals surface area (Å²) >= 11 is 0. The summed E-state index contributed by atoms with van der Waals surface area (Å²) in [6.45, 7) is 3.44. The van der Waals surface area contributed by atoms with Gasteiger partial charge in [-0.1, -0.05) is 6.07 Å². The molecule has 1 heterocycles. The number of nitrogens with zero attached hydrogens (tertiary/aromatic N) is 2. The van der Waals surface area contributed by atoms with Gasteiger partial charge in [-0.3, -0.25) is 0 Å². The molecule has 0 saturated carbocycles. The standard InChI is InChI=1S/C13H18N4O2/c1-8-12(14)13(15-9(2)18)17(16-8)10-5-4-6-11(7-10)19-3/h4-7,9,15,18H,14H2,1-3H3. The Morgan fingerprint density at radius 3 is 2.84 bits per heavy atom. The monoisotopic (exact) mass is 262 g/mol. The Hall–Kier alpha value is -2.21. The molecule has 1 aromatic heterocycles. The fourth-order valence-corrected chi connectivity index (χ4v) is 1.81. The Labute approximate surface area is 111 Å². The average molecular weight is 262 g/mol. The molecular weight excluding hydrogens is 244 g/mol. The predicted octanol–water partition coefficient (Wildman–Crippen LogP) is 1.52. The summed E-state index contributed by atoms with van der Waals surface area (Å²) in [6.07, 6.45) is -0.720. The highest BCUT2D eigenvalue weighted by molar-refractivity contribution is 5.67. The number of benzene rings is 1. The maximum Gasteiger partial charge on any atom is 0.155 e. The van der Waals surface area contributed by atoms with Crippen molar-refractivity contribution in [3.63, 3.8) is 0 Å². The van der Waals surface area contributed by atoms with E-state index in [2.05, 4.69) is 10.4 Å². The predicted molar refractivity (Wildman–Crippen MR) is 74.6 cm³/mol. The highest BCUT2D eigenvalue weighted by Crippen LogP contribution is 2.27. The van der Waals surface area contributed by atoms with Crippen molar-refractivity contribution < 1.29 is 9.84 Å². The van der Waals surface area contributed by atoms with Crippen molar-refractivity contribution in [1.82, 2.24) is 9.78 Å². The number of anilines is 2. The first-order chi connectivity index (χ1) is 9.02. The van der Waals surface area contributed by atoms with Crippen molar-refractivity contribution in [2.45, 2.75) is 20.1 Å². The van der Waals surface area contributed by atoms with Crippen molar-refractivity contribution in [1.29, 1.82) is 0 Å². The Kier molecular flexibility index (Phi) is 3.62. The van der Waals surface area contributed by atoms with Crippen LogP contribution < -0.4 is 15.8 Å². The summed E-state index contributed by atoms with van der Waals surface area (Å²) in [7, 11) is 1.61. The number of aryl methyl sites for hydroxylation is 1. The summed E-state index contributed by atoms with van der Waals surface area (Å²) < 4.78 is 6.84. The number of aliphatic hydroxyl groups excluding tert-OH is 1. The summed E-state index contributed by atoms with van der Waals surface area (Å²) in [4.78, 5) is 0. The van der Waals surface area contributed by atoms with E-state index in [-0.39, 0.29) is 0 Å². The molecule has 102 valence electrons. The fraction of sp³-hybridized carbons (Fsp3) is 0.308. The van der Waals surface area contributed by atoms with Crippen LogP contribution in [-0.2, 0) is 0 Å². The number of nitrogens with one attached hydrogen (secondary N) is 1. The van der Waals surface area contributed by atoms with Crippen molar-refractivity contribution in [2.75, 3.05) is 18.2 Å². The molecule has 0 spiro atoms. The molecule has 1 aromatic carbocycles. The van der Waals surface area contributed by atoms with E-state index in [0.717, 1.165) is 11.4 Å². The second kappa shape index (κ2) is 5.19. The summed E-state index contributed by atoms with van der Waals surface area (Å²) in [5.74, 6) is 1.30. The highest BCUT2D eigenvalue weighted by Gasteiger charge is 2.15. The van der Waals surface area contributed by atoms with E-state index >= 15 is 0 Å². The van der Waals surface area contributed by atoms with Crippen LogP contribution in [0, 0.1) is 6.92 Å². The van der Waals surface area contributed by atoms with Gasteiger partial charge in [0.25, 0.3) is 0 Å². The lowest BCUT2D eigenvalue weighted by Crippen LogP contribution is -2.17. The van der Waals surface area contributed by atoms with Crippen LogP contribution in [0.2, 0.25) is 0 Å². The first-order valence-corrected chi connectivity index (χ1v) is 5.97. The number of rotatable bonds is 4. The SMILES string of the molecule is COc1cccc(-n2nc(C)c(N)c2NC(C)O)c1. The van der Waals surface area contributed by atoms with Crippen LogP contribution in [0.1, 0.15) is 12.6 Å². The Morgan fingerprint density at radius 1 is 1.47 bits per heavy atom.